The van der Waals surface area contributed by atoms with E-state index < -0.39 is 0 Å². The molecule has 154 valence electrons. The van der Waals surface area contributed by atoms with Gasteiger partial charge in [0.2, 0.25) is 11.8 Å². The first-order valence-corrected chi connectivity index (χ1v) is 9.88. The normalized spacial score (nSPS) is 10.8. The summed E-state index contributed by atoms with van der Waals surface area (Å²) in [5.41, 5.74) is 3.86. The van der Waals surface area contributed by atoms with Gasteiger partial charge < -0.3 is 14.8 Å². The van der Waals surface area contributed by atoms with Gasteiger partial charge in [-0.05, 0) is 77.8 Å². The smallest absolute Gasteiger partial charge is 0.240 e. The molecule has 0 atom stereocenters. The van der Waals surface area contributed by atoms with Crippen molar-refractivity contribution in [1.29, 1.82) is 0 Å². The maximum atomic E-state index is 11.9. The largest absolute Gasteiger partial charge is 0.497 e. The highest BCUT2D eigenvalue weighted by Gasteiger charge is 2.07. The summed E-state index contributed by atoms with van der Waals surface area (Å²) in [6, 6.07) is 12.5. The molecule has 8 heteroatoms. The number of nitrogens with zero attached hydrogens (tertiary/aromatic N) is 1. The summed E-state index contributed by atoms with van der Waals surface area (Å²) in [6.07, 6.45) is 1.69. The highest BCUT2D eigenvalue weighted by atomic mass is 79.9. The Labute approximate surface area is 178 Å². The third-order valence-electron chi connectivity index (χ3n) is 3.67. The average molecular weight is 462 g/mol. The van der Waals surface area contributed by atoms with E-state index >= 15 is 0 Å². The van der Waals surface area contributed by atoms with Gasteiger partial charge in [0.1, 0.15) is 11.5 Å². The molecule has 0 aliphatic rings. The summed E-state index contributed by atoms with van der Waals surface area (Å²) in [4.78, 5) is 23.8. The van der Waals surface area contributed by atoms with Crippen molar-refractivity contribution in [3.8, 4) is 11.5 Å². The van der Waals surface area contributed by atoms with Gasteiger partial charge in [-0.25, -0.2) is 5.43 Å². The van der Waals surface area contributed by atoms with Crippen molar-refractivity contribution >= 4 is 39.6 Å². The number of amides is 2. The van der Waals surface area contributed by atoms with Gasteiger partial charge in [-0.1, -0.05) is 0 Å². The monoisotopic (exact) mass is 461 g/mol. The van der Waals surface area contributed by atoms with E-state index in [1.54, 1.807) is 31.4 Å². The molecule has 0 heterocycles. The number of hydrogen-bond acceptors (Lipinski definition) is 5. The molecular formula is C21H24BrN3O4. The fourth-order valence-electron chi connectivity index (χ4n) is 2.31. The zero-order chi connectivity index (χ0) is 21.2. The van der Waals surface area contributed by atoms with Gasteiger partial charge in [-0.2, -0.15) is 5.10 Å². The van der Waals surface area contributed by atoms with Gasteiger partial charge in [0, 0.05) is 18.5 Å². The Hall–Kier alpha value is -2.87. The molecule has 0 saturated carbocycles. The number of halogens is 1. The van der Waals surface area contributed by atoms with Crippen LogP contribution in [0.1, 0.15) is 32.3 Å². The second kappa shape index (κ2) is 11.2. The fraction of sp³-hybridized carbons (Fsp3) is 0.286. The van der Waals surface area contributed by atoms with Crippen molar-refractivity contribution in [2.24, 2.45) is 5.10 Å². The van der Waals surface area contributed by atoms with Crippen molar-refractivity contribution < 1.29 is 19.1 Å². The number of nitrogens with one attached hydrogen (secondary N) is 2. The Morgan fingerprint density at radius 2 is 1.79 bits per heavy atom. The Kier molecular flexibility index (Phi) is 8.67. The number of anilines is 1. The molecule has 0 spiro atoms. The highest BCUT2D eigenvalue weighted by molar-refractivity contribution is 9.10. The van der Waals surface area contributed by atoms with E-state index in [9.17, 15) is 9.59 Å². The molecule has 0 bridgehead atoms. The number of methoxy groups -OCH3 is 1. The Morgan fingerprint density at radius 3 is 2.41 bits per heavy atom. The summed E-state index contributed by atoms with van der Waals surface area (Å²) in [7, 11) is 1.57. The van der Waals surface area contributed by atoms with E-state index in [2.05, 4.69) is 31.8 Å². The van der Waals surface area contributed by atoms with Gasteiger partial charge in [-0.3, -0.25) is 9.59 Å². The molecule has 0 unspecified atom stereocenters. The molecule has 0 radical (unpaired) electrons. The fourth-order valence-corrected chi connectivity index (χ4v) is 2.80. The Morgan fingerprint density at radius 1 is 1.10 bits per heavy atom. The molecule has 0 aliphatic carbocycles. The summed E-state index contributed by atoms with van der Waals surface area (Å²) in [5, 5.41) is 6.65. The highest BCUT2D eigenvalue weighted by Crippen LogP contribution is 2.26. The zero-order valence-electron chi connectivity index (χ0n) is 16.6. The molecule has 0 aromatic heterocycles. The van der Waals surface area contributed by atoms with Crippen molar-refractivity contribution in [2.45, 2.75) is 32.8 Å². The van der Waals surface area contributed by atoms with Gasteiger partial charge in [0.25, 0.3) is 0 Å². The topological polar surface area (TPSA) is 89.0 Å². The molecule has 0 fully saturated rings. The number of ether oxygens (including phenoxy) is 2. The summed E-state index contributed by atoms with van der Waals surface area (Å²) >= 11 is 3.45. The van der Waals surface area contributed by atoms with Crippen LogP contribution in [0, 0.1) is 0 Å². The minimum atomic E-state index is -0.343. The lowest BCUT2D eigenvalue weighted by atomic mass is 10.2. The Balaban J connectivity index is 1.75. The van der Waals surface area contributed by atoms with Crippen molar-refractivity contribution in [1.82, 2.24) is 5.43 Å². The van der Waals surface area contributed by atoms with Crippen LogP contribution in [0.4, 0.5) is 5.69 Å². The van der Waals surface area contributed by atoms with Gasteiger partial charge >= 0.3 is 0 Å². The first kappa shape index (κ1) is 22.4. The lowest BCUT2D eigenvalue weighted by Crippen LogP contribution is -2.20. The lowest BCUT2D eigenvalue weighted by molar-refractivity contribution is -0.124. The predicted octanol–water partition coefficient (Wildman–Crippen LogP) is 4.11. The number of hydrogen-bond donors (Lipinski definition) is 2. The van der Waals surface area contributed by atoms with Crippen molar-refractivity contribution in [2.75, 3.05) is 12.4 Å². The summed E-state index contributed by atoms with van der Waals surface area (Å²) in [5.74, 6) is 0.849. The maximum Gasteiger partial charge on any atom is 0.240 e. The van der Waals surface area contributed by atoms with E-state index in [1.807, 2.05) is 32.0 Å². The molecule has 7 nitrogen and oxygen atoms in total. The molecule has 0 saturated heterocycles. The Bertz CT molecular complexity index is 867. The van der Waals surface area contributed by atoms with E-state index in [1.165, 1.54) is 6.21 Å². The number of rotatable bonds is 9. The first-order valence-electron chi connectivity index (χ1n) is 9.09. The molecule has 2 rings (SSSR count). The van der Waals surface area contributed by atoms with Crippen LogP contribution in [-0.4, -0.2) is 31.2 Å². The van der Waals surface area contributed by atoms with Gasteiger partial charge in [0.15, 0.2) is 0 Å². The molecule has 2 N–H and O–H groups in total. The quantitative estimate of drug-likeness (QED) is 0.434. The number of hydrazone groups is 1. The molecular weight excluding hydrogens is 438 g/mol. The number of carbonyl (C=O) groups excluding carboxylic acids is 2. The standard InChI is InChI=1S/C21H24BrN3O4/c1-14(2)29-19-9-4-15(12-18(19)22)13-23-25-21(27)11-10-20(26)24-16-5-7-17(28-3)8-6-16/h4-9,12-14H,10-11H2,1-3H3,(H,24,26)(H,25,27). The second-order valence-electron chi connectivity index (χ2n) is 6.43. The minimum absolute atomic E-state index is 0.0319. The SMILES string of the molecule is COc1ccc(NC(=O)CCC(=O)NN=Cc2ccc(OC(C)C)c(Br)c2)cc1. The van der Waals surface area contributed by atoms with Gasteiger partial charge in [-0.15, -0.1) is 0 Å². The second-order valence-corrected chi connectivity index (χ2v) is 7.28. The van der Waals surface area contributed by atoms with E-state index in [4.69, 9.17) is 9.47 Å². The van der Waals surface area contributed by atoms with Crippen molar-refractivity contribution in [3.63, 3.8) is 0 Å². The lowest BCUT2D eigenvalue weighted by Gasteiger charge is -2.11. The van der Waals surface area contributed by atoms with Crippen LogP contribution in [0.2, 0.25) is 0 Å². The van der Waals surface area contributed by atoms with Crippen LogP contribution in [-0.2, 0) is 9.59 Å². The summed E-state index contributed by atoms with van der Waals surface area (Å²) < 4.78 is 11.5. The minimum Gasteiger partial charge on any atom is -0.497 e. The van der Waals surface area contributed by atoms with Crippen LogP contribution < -0.4 is 20.2 Å². The van der Waals surface area contributed by atoms with E-state index in [0.29, 0.717) is 11.4 Å². The predicted molar refractivity (Wildman–Crippen MR) is 117 cm³/mol. The van der Waals surface area contributed by atoms with E-state index in [-0.39, 0.29) is 30.8 Å². The molecule has 29 heavy (non-hydrogen) atoms. The third kappa shape index (κ3) is 7.95. The van der Waals surface area contributed by atoms with Crippen LogP contribution in [0.5, 0.6) is 11.5 Å². The van der Waals surface area contributed by atoms with Crippen LogP contribution in [0.15, 0.2) is 52.0 Å². The number of benzene rings is 2. The average Bonchev–Trinajstić information content (AvgIpc) is 2.69. The van der Waals surface area contributed by atoms with Crippen LogP contribution in [0.3, 0.4) is 0 Å². The van der Waals surface area contributed by atoms with Crippen molar-refractivity contribution in [3.05, 3.63) is 52.5 Å². The molecule has 0 aliphatic heterocycles. The van der Waals surface area contributed by atoms with Crippen LogP contribution in [0.25, 0.3) is 0 Å². The zero-order valence-corrected chi connectivity index (χ0v) is 18.2. The maximum absolute atomic E-state index is 11.9. The van der Waals surface area contributed by atoms with Crippen LogP contribution >= 0.6 is 15.9 Å². The van der Waals surface area contributed by atoms with E-state index in [0.717, 1.165) is 15.8 Å². The molecule has 2 aromatic carbocycles. The summed E-state index contributed by atoms with van der Waals surface area (Å²) in [6.45, 7) is 3.91. The first-order chi connectivity index (χ1) is 13.9. The number of carbonyl (C=O) groups is 2. The molecule has 2 aromatic rings. The van der Waals surface area contributed by atoms with Gasteiger partial charge in [0.05, 0.1) is 23.9 Å². The molecule has 2 amide bonds. The third-order valence-corrected chi connectivity index (χ3v) is 4.29.